The lowest BCUT2D eigenvalue weighted by atomic mass is 10.1. The SMILES string of the molecule is COc1cc(N2CCCCC2)no1. The Bertz CT molecular complexity index is 266. The van der Waals surface area contributed by atoms with Crippen LogP contribution in [0.5, 0.6) is 5.95 Å². The summed E-state index contributed by atoms with van der Waals surface area (Å²) in [5.74, 6) is 1.39. The van der Waals surface area contributed by atoms with Crippen LogP contribution in [0.25, 0.3) is 0 Å². The molecule has 0 amide bonds. The fourth-order valence-electron chi connectivity index (χ4n) is 1.62. The molecule has 0 spiro atoms. The van der Waals surface area contributed by atoms with Gasteiger partial charge in [0.1, 0.15) is 0 Å². The summed E-state index contributed by atoms with van der Waals surface area (Å²) in [5, 5.41) is 3.94. The van der Waals surface area contributed by atoms with Crippen molar-refractivity contribution in [2.24, 2.45) is 0 Å². The van der Waals surface area contributed by atoms with E-state index in [0.29, 0.717) is 5.95 Å². The molecule has 2 heterocycles. The van der Waals surface area contributed by atoms with E-state index in [2.05, 4.69) is 10.1 Å². The summed E-state index contributed by atoms with van der Waals surface area (Å²) in [5.41, 5.74) is 0. The van der Waals surface area contributed by atoms with Crippen molar-refractivity contribution in [3.63, 3.8) is 0 Å². The quantitative estimate of drug-likeness (QED) is 0.697. The Labute approximate surface area is 77.5 Å². The summed E-state index contributed by atoms with van der Waals surface area (Å²) >= 11 is 0. The van der Waals surface area contributed by atoms with Gasteiger partial charge in [0, 0.05) is 13.1 Å². The largest absolute Gasteiger partial charge is 0.467 e. The maximum Gasteiger partial charge on any atom is 0.313 e. The standard InChI is InChI=1S/C9H14N2O2/c1-12-9-7-8(10-13-9)11-5-3-2-4-6-11/h7H,2-6H2,1H3. The molecule has 0 saturated carbocycles. The van der Waals surface area contributed by atoms with E-state index >= 15 is 0 Å². The molecule has 0 N–H and O–H groups in total. The minimum Gasteiger partial charge on any atom is -0.467 e. The second-order valence-corrected chi connectivity index (χ2v) is 3.26. The highest BCUT2D eigenvalue weighted by Crippen LogP contribution is 2.22. The number of nitrogens with zero attached hydrogens (tertiary/aromatic N) is 2. The zero-order chi connectivity index (χ0) is 9.10. The van der Waals surface area contributed by atoms with Gasteiger partial charge in [0.25, 0.3) is 0 Å². The van der Waals surface area contributed by atoms with Gasteiger partial charge in [-0.05, 0) is 19.3 Å². The van der Waals surface area contributed by atoms with Crippen molar-refractivity contribution < 1.29 is 9.26 Å². The number of hydrogen-bond donors (Lipinski definition) is 0. The van der Waals surface area contributed by atoms with E-state index in [4.69, 9.17) is 9.26 Å². The molecule has 0 aliphatic carbocycles. The van der Waals surface area contributed by atoms with Crippen LogP contribution < -0.4 is 9.64 Å². The molecule has 0 aromatic carbocycles. The monoisotopic (exact) mass is 182 g/mol. The number of piperidine rings is 1. The third-order valence-electron chi connectivity index (χ3n) is 2.36. The topological polar surface area (TPSA) is 38.5 Å². The van der Waals surface area contributed by atoms with Crippen molar-refractivity contribution in [1.82, 2.24) is 5.16 Å². The normalized spacial score (nSPS) is 17.5. The van der Waals surface area contributed by atoms with Crippen molar-refractivity contribution in [3.8, 4) is 5.95 Å². The summed E-state index contributed by atoms with van der Waals surface area (Å²) in [6, 6.07) is 1.84. The van der Waals surface area contributed by atoms with E-state index < -0.39 is 0 Å². The molecule has 0 radical (unpaired) electrons. The number of rotatable bonds is 2. The fraction of sp³-hybridized carbons (Fsp3) is 0.667. The first-order valence-corrected chi connectivity index (χ1v) is 4.66. The second-order valence-electron chi connectivity index (χ2n) is 3.26. The third-order valence-corrected chi connectivity index (χ3v) is 2.36. The molecule has 0 unspecified atom stereocenters. The minimum atomic E-state index is 0.487. The van der Waals surface area contributed by atoms with E-state index in [1.807, 2.05) is 6.07 Å². The average Bonchev–Trinajstić information content (AvgIpc) is 2.67. The maximum atomic E-state index is 4.95. The number of anilines is 1. The van der Waals surface area contributed by atoms with Crippen LogP contribution in [0.15, 0.2) is 10.6 Å². The van der Waals surface area contributed by atoms with E-state index in [0.717, 1.165) is 18.9 Å². The molecule has 0 atom stereocenters. The molecule has 1 aromatic heterocycles. The number of methoxy groups -OCH3 is 1. The van der Waals surface area contributed by atoms with Gasteiger partial charge in [0.2, 0.25) is 0 Å². The Balaban J connectivity index is 2.05. The highest BCUT2D eigenvalue weighted by molar-refractivity contribution is 5.39. The molecule has 1 saturated heterocycles. The molecular formula is C9H14N2O2. The minimum absolute atomic E-state index is 0.487. The average molecular weight is 182 g/mol. The lowest BCUT2D eigenvalue weighted by Gasteiger charge is -2.25. The first-order valence-electron chi connectivity index (χ1n) is 4.66. The molecule has 1 fully saturated rings. The van der Waals surface area contributed by atoms with Gasteiger partial charge >= 0.3 is 5.95 Å². The highest BCUT2D eigenvalue weighted by atomic mass is 16.6. The van der Waals surface area contributed by atoms with Gasteiger partial charge in [-0.15, -0.1) is 0 Å². The summed E-state index contributed by atoms with van der Waals surface area (Å²) in [6.45, 7) is 2.16. The Morgan fingerprint density at radius 3 is 2.77 bits per heavy atom. The number of hydrogen-bond acceptors (Lipinski definition) is 4. The van der Waals surface area contributed by atoms with Gasteiger partial charge in [0.15, 0.2) is 5.82 Å². The molecule has 1 aliphatic heterocycles. The zero-order valence-electron chi connectivity index (χ0n) is 7.82. The molecule has 13 heavy (non-hydrogen) atoms. The molecule has 4 nitrogen and oxygen atoms in total. The van der Waals surface area contributed by atoms with E-state index in [9.17, 15) is 0 Å². The molecule has 0 bridgehead atoms. The van der Waals surface area contributed by atoms with Gasteiger partial charge in [0.05, 0.1) is 13.2 Å². The summed E-state index contributed by atoms with van der Waals surface area (Å²) in [7, 11) is 1.58. The van der Waals surface area contributed by atoms with Crippen LogP contribution in [0, 0.1) is 0 Å². The van der Waals surface area contributed by atoms with Crippen molar-refractivity contribution >= 4 is 5.82 Å². The Hall–Kier alpha value is -1.19. The predicted octanol–water partition coefficient (Wildman–Crippen LogP) is 1.67. The van der Waals surface area contributed by atoms with Crippen LogP contribution in [0.1, 0.15) is 19.3 Å². The van der Waals surface area contributed by atoms with Gasteiger partial charge < -0.3 is 14.2 Å². The number of ether oxygens (including phenoxy) is 1. The number of aromatic nitrogens is 1. The summed E-state index contributed by atoms with van der Waals surface area (Å²) in [6.07, 6.45) is 3.82. The van der Waals surface area contributed by atoms with Crippen molar-refractivity contribution in [3.05, 3.63) is 6.07 Å². The van der Waals surface area contributed by atoms with Crippen molar-refractivity contribution in [1.29, 1.82) is 0 Å². The second kappa shape index (κ2) is 3.68. The lowest BCUT2D eigenvalue weighted by Crippen LogP contribution is -2.29. The molecule has 1 aromatic rings. The fourth-order valence-corrected chi connectivity index (χ4v) is 1.62. The third kappa shape index (κ3) is 1.76. The first-order chi connectivity index (χ1) is 6.40. The van der Waals surface area contributed by atoms with Crippen LogP contribution >= 0.6 is 0 Å². The molecule has 4 heteroatoms. The van der Waals surface area contributed by atoms with Crippen molar-refractivity contribution in [2.75, 3.05) is 25.1 Å². The molecule has 72 valence electrons. The van der Waals surface area contributed by atoms with Crippen LogP contribution in [0.4, 0.5) is 5.82 Å². The molecule has 2 rings (SSSR count). The lowest BCUT2D eigenvalue weighted by molar-refractivity contribution is 0.261. The van der Waals surface area contributed by atoms with Crippen molar-refractivity contribution in [2.45, 2.75) is 19.3 Å². The van der Waals surface area contributed by atoms with Crippen LogP contribution in [0.2, 0.25) is 0 Å². The van der Waals surface area contributed by atoms with Gasteiger partial charge in [-0.2, -0.15) is 0 Å². The molecular weight excluding hydrogens is 168 g/mol. The zero-order valence-corrected chi connectivity index (χ0v) is 7.82. The maximum absolute atomic E-state index is 4.95. The Kier molecular flexibility index (Phi) is 2.38. The highest BCUT2D eigenvalue weighted by Gasteiger charge is 2.14. The smallest absolute Gasteiger partial charge is 0.313 e. The first kappa shape index (κ1) is 8.41. The van der Waals surface area contributed by atoms with E-state index in [-0.39, 0.29) is 0 Å². The molecule has 1 aliphatic rings. The predicted molar refractivity (Wildman–Crippen MR) is 49.1 cm³/mol. The van der Waals surface area contributed by atoms with Crippen LogP contribution in [-0.2, 0) is 0 Å². The Morgan fingerprint density at radius 1 is 1.38 bits per heavy atom. The van der Waals surface area contributed by atoms with E-state index in [1.165, 1.54) is 19.3 Å². The summed E-state index contributed by atoms with van der Waals surface area (Å²) < 4.78 is 9.88. The van der Waals surface area contributed by atoms with Gasteiger partial charge in [-0.25, -0.2) is 0 Å². The van der Waals surface area contributed by atoms with Crippen LogP contribution in [0.3, 0.4) is 0 Å². The van der Waals surface area contributed by atoms with Gasteiger partial charge in [-0.1, -0.05) is 5.16 Å². The Morgan fingerprint density at radius 2 is 2.15 bits per heavy atom. The van der Waals surface area contributed by atoms with E-state index in [1.54, 1.807) is 7.11 Å². The summed E-state index contributed by atoms with van der Waals surface area (Å²) in [4.78, 5) is 2.23. The van der Waals surface area contributed by atoms with Crippen LogP contribution in [-0.4, -0.2) is 25.4 Å². The van der Waals surface area contributed by atoms with Gasteiger partial charge in [-0.3, -0.25) is 0 Å².